The maximum atomic E-state index is 14.7. The standard InChI is InChI=1S/C38H35ClN2OP2/c1-40-29-17-15-27-36(40)43(32-19-7-3-8-20-32,33-21-9-4-10-22-33)38(39,31-42)44(34-23-11-5-12-24-34,35-25-13-6-14-26-35)37-28-16-18-30-41(37)2/h3-31H,1-2H3/q+4. The minimum absolute atomic E-state index is 1.02. The van der Waals surface area contributed by atoms with Crippen LogP contribution in [-0.2, 0) is 18.9 Å². The molecular formula is C38H35ClN2OP2+4. The van der Waals surface area contributed by atoms with Gasteiger partial charge in [-0.25, -0.2) is 0 Å². The van der Waals surface area contributed by atoms with Gasteiger partial charge in [0.2, 0.25) is 20.8 Å². The van der Waals surface area contributed by atoms with Crippen LogP contribution in [0, 0.1) is 0 Å². The fourth-order valence-electron chi connectivity index (χ4n) is 6.59. The summed E-state index contributed by atoms with van der Waals surface area (Å²) >= 11 is 8.62. The number of hydrogen-bond donors (Lipinski definition) is 0. The summed E-state index contributed by atoms with van der Waals surface area (Å²) in [5.74, 6) is 0. The van der Waals surface area contributed by atoms with Crippen LogP contribution in [-0.4, -0.2) is 10.6 Å². The molecule has 44 heavy (non-hydrogen) atoms. The van der Waals surface area contributed by atoms with Gasteiger partial charge < -0.3 is 0 Å². The van der Waals surface area contributed by atoms with Crippen molar-refractivity contribution < 1.29 is 13.9 Å². The molecule has 0 aliphatic heterocycles. The van der Waals surface area contributed by atoms with Crippen LogP contribution in [0.15, 0.2) is 170 Å². The highest BCUT2D eigenvalue weighted by Crippen LogP contribution is 2.84. The number of carbonyl (C=O) groups is 1. The lowest BCUT2D eigenvalue weighted by Crippen LogP contribution is -2.63. The topological polar surface area (TPSA) is 24.8 Å². The van der Waals surface area contributed by atoms with Crippen LogP contribution in [0.4, 0.5) is 0 Å². The summed E-state index contributed by atoms with van der Waals surface area (Å²) in [4.78, 5) is 14.7. The lowest BCUT2D eigenvalue weighted by Gasteiger charge is -2.40. The second kappa shape index (κ2) is 12.5. The van der Waals surface area contributed by atoms with Gasteiger partial charge in [0.05, 0.1) is 0 Å². The second-order valence-electron chi connectivity index (χ2n) is 10.8. The Labute approximate surface area is 266 Å². The van der Waals surface area contributed by atoms with E-state index in [9.17, 15) is 4.79 Å². The number of aryl methyl sites for hydroxylation is 2. The molecule has 2 heterocycles. The third kappa shape index (κ3) is 4.54. The molecule has 0 saturated carbocycles. The van der Waals surface area contributed by atoms with Crippen molar-refractivity contribution >= 4 is 64.5 Å². The number of rotatable bonds is 9. The van der Waals surface area contributed by atoms with Gasteiger partial charge in [0.25, 0.3) is 0 Å². The van der Waals surface area contributed by atoms with Crippen LogP contribution in [0.25, 0.3) is 0 Å². The highest BCUT2D eigenvalue weighted by atomic mass is 35.5. The predicted molar refractivity (Wildman–Crippen MR) is 187 cm³/mol. The number of alkyl halides is 1. The summed E-state index contributed by atoms with van der Waals surface area (Å²) in [5.41, 5.74) is 2.05. The molecule has 0 aliphatic carbocycles. The SMILES string of the molecule is C[n+]1ccccc1[P+](c1ccccc1)(c1ccccc1)C(Cl)(C=O)[P+](c1ccccc1)(c1ccccc1)c1cccc[n+]1C. The van der Waals surface area contributed by atoms with E-state index in [0.717, 1.165) is 38.4 Å². The number of halogens is 1. The smallest absolute Gasteiger partial charge is 0.293 e. The Morgan fingerprint density at radius 1 is 0.477 bits per heavy atom. The minimum Gasteiger partial charge on any atom is -0.293 e. The molecule has 0 spiro atoms. The van der Waals surface area contributed by atoms with E-state index in [-0.39, 0.29) is 0 Å². The number of aromatic nitrogens is 2. The number of hydrogen-bond acceptors (Lipinski definition) is 1. The molecule has 0 bridgehead atoms. The van der Waals surface area contributed by atoms with E-state index in [0.29, 0.717) is 0 Å². The van der Waals surface area contributed by atoms with E-state index >= 15 is 0 Å². The first-order chi connectivity index (χ1) is 21.5. The number of benzene rings is 4. The number of aldehydes is 1. The minimum atomic E-state index is -3.05. The summed E-state index contributed by atoms with van der Waals surface area (Å²) in [6.45, 7) is 0. The predicted octanol–water partition coefficient (Wildman–Crippen LogP) is 4.72. The molecule has 0 N–H and O–H groups in total. The zero-order valence-corrected chi connectivity index (χ0v) is 27.4. The molecule has 0 radical (unpaired) electrons. The van der Waals surface area contributed by atoms with E-state index in [1.165, 1.54) is 0 Å². The van der Waals surface area contributed by atoms with E-state index in [1.54, 1.807) is 0 Å². The number of nitrogens with zero attached hydrogens (tertiary/aromatic N) is 2. The van der Waals surface area contributed by atoms with Crippen molar-refractivity contribution in [3.05, 3.63) is 170 Å². The second-order valence-corrected chi connectivity index (χ2v) is 19.3. The molecule has 0 aliphatic rings. The first-order valence-corrected chi connectivity index (χ1v) is 18.5. The summed E-state index contributed by atoms with van der Waals surface area (Å²) in [6.07, 6.45) is 5.22. The van der Waals surface area contributed by atoms with Crippen molar-refractivity contribution in [2.45, 2.75) is 4.36 Å². The zero-order valence-electron chi connectivity index (χ0n) is 24.8. The highest BCUT2D eigenvalue weighted by molar-refractivity contribution is 8.14. The molecule has 4 aromatic carbocycles. The molecule has 0 fully saturated rings. The molecule has 2 aromatic heterocycles. The molecule has 216 valence electrons. The number of pyridine rings is 2. The lowest BCUT2D eigenvalue weighted by molar-refractivity contribution is -0.653. The third-order valence-electron chi connectivity index (χ3n) is 8.41. The molecule has 0 amide bonds. The highest BCUT2D eigenvalue weighted by Gasteiger charge is 2.84. The van der Waals surface area contributed by atoms with Gasteiger partial charge in [-0.05, 0) is 72.3 Å². The van der Waals surface area contributed by atoms with Crippen molar-refractivity contribution in [2.75, 3.05) is 0 Å². The van der Waals surface area contributed by atoms with Crippen LogP contribution in [0.1, 0.15) is 0 Å². The molecule has 0 unspecified atom stereocenters. The van der Waals surface area contributed by atoms with E-state index in [2.05, 4.69) is 157 Å². The largest absolute Gasteiger partial charge is 0.343 e. The fraction of sp³-hybridized carbons (Fsp3) is 0.0789. The molecule has 6 aromatic rings. The van der Waals surface area contributed by atoms with Crippen LogP contribution in [0.2, 0.25) is 0 Å². The van der Waals surface area contributed by atoms with Crippen LogP contribution < -0.4 is 41.2 Å². The summed E-state index contributed by atoms with van der Waals surface area (Å²) in [6, 6.07) is 54.3. The zero-order chi connectivity index (χ0) is 30.6. The summed E-state index contributed by atoms with van der Waals surface area (Å²) in [7, 11) is -1.99. The first kappa shape index (κ1) is 30.0. The van der Waals surface area contributed by atoms with Crippen molar-refractivity contribution in [1.29, 1.82) is 0 Å². The Hall–Kier alpha value is -4.00. The monoisotopic (exact) mass is 632 g/mol. The molecule has 0 saturated heterocycles. The van der Waals surface area contributed by atoms with Gasteiger partial charge in [-0.2, -0.15) is 9.13 Å². The Morgan fingerprint density at radius 2 is 0.750 bits per heavy atom. The average molecular weight is 633 g/mol. The molecule has 0 atom stereocenters. The van der Waals surface area contributed by atoms with Crippen molar-refractivity contribution in [1.82, 2.24) is 0 Å². The quantitative estimate of drug-likeness (QED) is 0.0981. The molecule has 6 heteroatoms. The van der Waals surface area contributed by atoms with Gasteiger partial charge in [-0.1, -0.05) is 72.8 Å². The maximum absolute atomic E-state index is 14.7. The molecule has 6 rings (SSSR count). The Bertz CT molecular complexity index is 1660. The summed E-state index contributed by atoms with van der Waals surface area (Å²) < 4.78 is 2.86. The van der Waals surface area contributed by atoms with E-state index < -0.39 is 18.9 Å². The first-order valence-electron chi connectivity index (χ1n) is 14.6. The fourth-order valence-corrected chi connectivity index (χ4v) is 20.3. The molecule has 3 nitrogen and oxygen atoms in total. The van der Waals surface area contributed by atoms with Crippen molar-refractivity contribution in [2.24, 2.45) is 14.1 Å². The van der Waals surface area contributed by atoms with E-state index in [4.69, 9.17) is 11.6 Å². The van der Waals surface area contributed by atoms with Gasteiger partial charge in [0.15, 0.2) is 12.4 Å². The lowest BCUT2D eigenvalue weighted by atomic mass is 10.4. The Morgan fingerprint density at radius 3 is 1.00 bits per heavy atom. The third-order valence-corrected chi connectivity index (χ3v) is 20.5. The normalized spacial score (nSPS) is 12.1. The van der Waals surface area contributed by atoms with Crippen molar-refractivity contribution in [3.8, 4) is 0 Å². The van der Waals surface area contributed by atoms with Gasteiger partial charge in [0.1, 0.15) is 35.3 Å². The summed E-state index contributed by atoms with van der Waals surface area (Å²) in [5, 5.41) is 4.18. The van der Waals surface area contributed by atoms with Gasteiger partial charge in [0, 0.05) is 24.3 Å². The number of carbonyl (C=O) groups excluding carboxylic acids is 1. The Balaban J connectivity index is 1.94. The van der Waals surface area contributed by atoms with E-state index in [1.807, 2.05) is 36.4 Å². The van der Waals surface area contributed by atoms with Gasteiger partial charge >= 0.3 is 15.2 Å². The maximum Gasteiger partial charge on any atom is 0.343 e. The Kier molecular flexibility index (Phi) is 8.57. The van der Waals surface area contributed by atoms with Crippen LogP contribution >= 0.6 is 26.1 Å². The average Bonchev–Trinajstić information content (AvgIpc) is 3.09. The van der Waals surface area contributed by atoms with Crippen LogP contribution in [0.3, 0.4) is 0 Å². The van der Waals surface area contributed by atoms with Gasteiger partial charge in [-0.15, -0.1) is 0 Å². The van der Waals surface area contributed by atoms with Gasteiger partial charge in [-0.3, -0.25) is 4.79 Å². The molecular weight excluding hydrogens is 598 g/mol. The van der Waals surface area contributed by atoms with Crippen LogP contribution in [0.5, 0.6) is 0 Å². The van der Waals surface area contributed by atoms with Crippen molar-refractivity contribution in [3.63, 3.8) is 0 Å².